The lowest BCUT2D eigenvalue weighted by Gasteiger charge is -2.19. The number of nitro groups is 1. The van der Waals surface area contributed by atoms with Crippen LogP contribution in [0.1, 0.15) is 26.3 Å². The van der Waals surface area contributed by atoms with E-state index in [1.165, 1.54) is 6.92 Å². The lowest BCUT2D eigenvalue weighted by Crippen LogP contribution is -2.33. The van der Waals surface area contributed by atoms with Gasteiger partial charge < -0.3 is 0 Å². The quantitative estimate of drug-likeness (QED) is 0.678. The van der Waals surface area contributed by atoms with Crippen molar-refractivity contribution in [1.29, 1.82) is 0 Å². The van der Waals surface area contributed by atoms with Gasteiger partial charge in [0, 0.05) is 6.07 Å². The van der Waals surface area contributed by atoms with E-state index in [0.29, 0.717) is 6.07 Å². The van der Waals surface area contributed by atoms with Crippen molar-refractivity contribution in [3.63, 3.8) is 0 Å². The molecular formula is C11H15FN2O5S. The van der Waals surface area contributed by atoms with Crippen molar-refractivity contribution in [2.24, 2.45) is 0 Å². The van der Waals surface area contributed by atoms with Crippen LogP contribution in [0, 0.1) is 22.9 Å². The molecule has 0 amide bonds. The van der Waals surface area contributed by atoms with Crippen LogP contribution in [0.15, 0.2) is 17.0 Å². The number of rotatable bonds is 4. The van der Waals surface area contributed by atoms with E-state index in [2.05, 4.69) is 0 Å². The summed E-state index contributed by atoms with van der Waals surface area (Å²) in [4.78, 5) is 16.0. The number of benzene rings is 1. The van der Waals surface area contributed by atoms with Crippen LogP contribution >= 0.6 is 0 Å². The van der Waals surface area contributed by atoms with Gasteiger partial charge in [0.15, 0.2) is 0 Å². The molecule has 0 aliphatic carbocycles. The van der Waals surface area contributed by atoms with Crippen molar-refractivity contribution in [3.05, 3.63) is 33.6 Å². The zero-order valence-electron chi connectivity index (χ0n) is 11.4. The number of halogens is 1. The fourth-order valence-corrected chi connectivity index (χ4v) is 2.29. The summed E-state index contributed by atoms with van der Waals surface area (Å²) in [6.45, 7) is 6.10. The fourth-order valence-electron chi connectivity index (χ4n) is 1.23. The number of sulfonamides is 1. The number of hydrogen-bond acceptors (Lipinski definition) is 5. The van der Waals surface area contributed by atoms with Crippen LogP contribution in [-0.2, 0) is 14.9 Å². The molecule has 0 unspecified atom stereocenters. The Morgan fingerprint density at radius 3 is 2.35 bits per heavy atom. The third-order valence-corrected chi connectivity index (χ3v) is 3.33. The van der Waals surface area contributed by atoms with E-state index in [0.717, 1.165) is 6.07 Å². The minimum atomic E-state index is -4.13. The molecule has 20 heavy (non-hydrogen) atoms. The molecule has 0 spiro atoms. The summed E-state index contributed by atoms with van der Waals surface area (Å²) < 4.78 is 37.4. The Kier molecular flexibility index (Phi) is 4.47. The number of hydrogen-bond donors (Lipinski definition) is 1. The normalized spacial score (nSPS) is 12.4. The van der Waals surface area contributed by atoms with E-state index in [1.54, 1.807) is 20.8 Å². The zero-order valence-corrected chi connectivity index (χ0v) is 12.2. The highest BCUT2D eigenvalue weighted by molar-refractivity contribution is 7.89. The van der Waals surface area contributed by atoms with Gasteiger partial charge in [-0.15, -0.1) is 0 Å². The minimum Gasteiger partial charge on any atom is -0.281 e. The van der Waals surface area contributed by atoms with E-state index < -0.39 is 36.9 Å². The number of aryl methyl sites for hydroxylation is 1. The van der Waals surface area contributed by atoms with Crippen LogP contribution in [0.3, 0.4) is 0 Å². The maximum absolute atomic E-state index is 13.5. The standard InChI is InChI=1S/C11H15FN2O5S/c1-7-5-8(6-9(10(7)12)14(15)16)20(17,18)13-19-11(2,3)4/h5-6,13H,1-4H3. The molecule has 0 aromatic heterocycles. The van der Waals surface area contributed by atoms with Crippen LogP contribution < -0.4 is 4.89 Å². The molecule has 0 saturated heterocycles. The smallest absolute Gasteiger partial charge is 0.281 e. The van der Waals surface area contributed by atoms with Crippen molar-refractivity contribution in [2.75, 3.05) is 0 Å². The molecule has 1 aromatic rings. The molecule has 0 bridgehead atoms. The van der Waals surface area contributed by atoms with Gasteiger partial charge in [0.2, 0.25) is 5.82 Å². The van der Waals surface area contributed by atoms with Gasteiger partial charge in [0.05, 0.1) is 15.4 Å². The Balaban J connectivity index is 3.23. The zero-order chi connectivity index (χ0) is 15.7. The summed E-state index contributed by atoms with van der Waals surface area (Å²) in [7, 11) is -4.13. The second-order valence-electron chi connectivity index (χ2n) is 5.13. The number of nitrogens with one attached hydrogen (secondary N) is 1. The third kappa shape index (κ3) is 3.95. The lowest BCUT2D eigenvalue weighted by molar-refractivity contribution is -0.387. The maximum atomic E-state index is 13.5. The average Bonchev–Trinajstić information content (AvgIpc) is 2.28. The molecule has 1 aromatic carbocycles. The van der Waals surface area contributed by atoms with Gasteiger partial charge in [0.1, 0.15) is 0 Å². The SMILES string of the molecule is Cc1cc(S(=O)(=O)NOC(C)(C)C)cc([N+](=O)[O-])c1F. The van der Waals surface area contributed by atoms with Crippen molar-refractivity contribution in [3.8, 4) is 0 Å². The molecule has 7 nitrogen and oxygen atoms in total. The van der Waals surface area contributed by atoms with E-state index in [4.69, 9.17) is 4.84 Å². The maximum Gasteiger partial charge on any atom is 0.306 e. The van der Waals surface area contributed by atoms with E-state index in [1.807, 2.05) is 4.89 Å². The Morgan fingerprint density at radius 1 is 1.35 bits per heavy atom. The lowest BCUT2D eigenvalue weighted by atomic mass is 10.2. The van der Waals surface area contributed by atoms with Gasteiger partial charge >= 0.3 is 5.69 Å². The molecule has 0 saturated carbocycles. The van der Waals surface area contributed by atoms with E-state index >= 15 is 0 Å². The molecule has 1 N–H and O–H groups in total. The van der Waals surface area contributed by atoms with E-state index in [9.17, 15) is 22.9 Å². The molecule has 0 fully saturated rings. The molecule has 0 aliphatic rings. The van der Waals surface area contributed by atoms with Crippen LogP contribution in [0.2, 0.25) is 0 Å². The molecule has 1 rings (SSSR count). The van der Waals surface area contributed by atoms with E-state index in [-0.39, 0.29) is 5.56 Å². The van der Waals surface area contributed by atoms with Gasteiger partial charge in [-0.3, -0.25) is 15.0 Å². The predicted octanol–water partition coefficient (Wildman–Crippen LogP) is 2.05. The largest absolute Gasteiger partial charge is 0.306 e. The molecule has 112 valence electrons. The summed E-state index contributed by atoms with van der Waals surface area (Å²) in [6, 6.07) is 1.65. The summed E-state index contributed by atoms with van der Waals surface area (Å²) in [5.41, 5.74) is -1.83. The van der Waals surface area contributed by atoms with Gasteiger partial charge in [-0.05, 0) is 39.3 Å². The first-order valence-electron chi connectivity index (χ1n) is 5.58. The van der Waals surface area contributed by atoms with Crippen molar-refractivity contribution >= 4 is 15.7 Å². The van der Waals surface area contributed by atoms with Crippen molar-refractivity contribution < 1.29 is 22.6 Å². The first-order valence-corrected chi connectivity index (χ1v) is 7.07. The Morgan fingerprint density at radius 2 is 1.90 bits per heavy atom. The number of nitrogens with zero attached hydrogens (tertiary/aromatic N) is 1. The summed E-state index contributed by atoms with van der Waals surface area (Å²) >= 11 is 0. The van der Waals surface area contributed by atoms with Crippen molar-refractivity contribution in [2.45, 2.75) is 38.2 Å². The first kappa shape index (κ1) is 16.5. The molecule has 0 atom stereocenters. The van der Waals surface area contributed by atoms with Crippen molar-refractivity contribution in [1.82, 2.24) is 4.89 Å². The Bertz CT molecular complexity index is 637. The second kappa shape index (κ2) is 5.43. The second-order valence-corrected chi connectivity index (χ2v) is 6.78. The molecular weight excluding hydrogens is 291 g/mol. The van der Waals surface area contributed by atoms with Crippen LogP contribution in [-0.4, -0.2) is 18.9 Å². The van der Waals surface area contributed by atoms with Gasteiger partial charge in [-0.2, -0.15) is 4.39 Å². The monoisotopic (exact) mass is 306 g/mol. The highest BCUT2D eigenvalue weighted by Gasteiger charge is 2.25. The topological polar surface area (TPSA) is 98.5 Å². The Labute approximate surface area is 115 Å². The van der Waals surface area contributed by atoms with Crippen LogP contribution in [0.5, 0.6) is 0 Å². The highest BCUT2D eigenvalue weighted by atomic mass is 32.2. The highest BCUT2D eigenvalue weighted by Crippen LogP contribution is 2.25. The summed E-state index contributed by atoms with van der Waals surface area (Å²) in [6.07, 6.45) is 0. The van der Waals surface area contributed by atoms with Gasteiger partial charge in [-0.1, -0.05) is 4.89 Å². The van der Waals surface area contributed by atoms with Gasteiger partial charge in [-0.25, -0.2) is 8.42 Å². The molecule has 0 heterocycles. The van der Waals surface area contributed by atoms with Crippen LogP contribution in [0.4, 0.5) is 10.1 Å². The van der Waals surface area contributed by atoms with Crippen LogP contribution in [0.25, 0.3) is 0 Å². The predicted molar refractivity (Wildman–Crippen MR) is 69.0 cm³/mol. The minimum absolute atomic E-state index is 0.143. The molecule has 9 heteroatoms. The number of nitro benzene ring substituents is 1. The first-order chi connectivity index (χ1) is 8.94. The summed E-state index contributed by atoms with van der Waals surface area (Å²) in [5, 5.41) is 10.7. The summed E-state index contributed by atoms with van der Waals surface area (Å²) in [5.74, 6) is -1.06. The Hall–Kier alpha value is -1.58. The molecule has 0 aliphatic heterocycles. The third-order valence-electron chi connectivity index (χ3n) is 2.17. The molecule has 0 radical (unpaired) electrons. The fraction of sp³-hybridized carbons (Fsp3) is 0.455. The average molecular weight is 306 g/mol. The van der Waals surface area contributed by atoms with Gasteiger partial charge in [0.25, 0.3) is 10.0 Å².